The monoisotopic (exact) mass is 259 g/mol. The fraction of sp³-hybridized carbons (Fsp3) is 0.667. The minimum atomic E-state index is 0.474. The molecule has 1 N–H and O–H groups in total. The molecule has 1 aliphatic carbocycles. The van der Waals surface area contributed by atoms with E-state index >= 15 is 0 Å². The van der Waals surface area contributed by atoms with Crippen LogP contribution in [0.3, 0.4) is 0 Å². The average Bonchev–Trinajstić information content (AvgIpc) is 2.80. The van der Waals surface area contributed by atoms with Crippen LogP contribution < -0.4 is 5.32 Å². The van der Waals surface area contributed by atoms with E-state index in [9.17, 15) is 0 Å². The Kier molecular flexibility index (Phi) is 5.04. The van der Waals surface area contributed by atoms with Crippen molar-refractivity contribution in [1.29, 1.82) is 0 Å². The standard InChI is InChI=1S/C18H29N/c1-13-11-14(2)18(15(3)12-13)16(4)19-10-9-17-7-5-6-8-17/h11-12,16-17,19H,5-10H2,1-4H3. The number of benzene rings is 1. The van der Waals surface area contributed by atoms with Crippen molar-refractivity contribution in [2.75, 3.05) is 6.54 Å². The largest absolute Gasteiger partial charge is 0.310 e. The Hall–Kier alpha value is -0.820. The zero-order valence-corrected chi connectivity index (χ0v) is 13.1. The van der Waals surface area contributed by atoms with E-state index in [1.807, 2.05) is 0 Å². The SMILES string of the molecule is Cc1cc(C)c(C(C)NCCC2CCCC2)c(C)c1. The van der Waals surface area contributed by atoms with Gasteiger partial charge in [0.15, 0.2) is 0 Å². The molecule has 1 aliphatic rings. The normalized spacial score (nSPS) is 17.9. The number of nitrogens with one attached hydrogen (secondary N) is 1. The molecule has 0 aliphatic heterocycles. The maximum Gasteiger partial charge on any atom is 0.0297 e. The van der Waals surface area contributed by atoms with Crippen LogP contribution in [0, 0.1) is 26.7 Å². The van der Waals surface area contributed by atoms with E-state index in [1.165, 1.54) is 60.9 Å². The quantitative estimate of drug-likeness (QED) is 0.797. The Morgan fingerprint density at radius 1 is 1.11 bits per heavy atom. The lowest BCUT2D eigenvalue weighted by atomic mass is 9.94. The van der Waals surface area contributed by atoms with Crippen molar-refractivity contribution in [3.63, 3.8) is 0 Å². The summed E-state index contributed by atoms with van der Waals surface area (Å²) in [6.45, 7) is 10.1. The molecule has 0 bridgehead atoms. The molecule has 1 nitrogen and oxygen atoms in total. The highest BCUT2D eigenvalue weighted by Crippen LogP contribution is 2.28. The molecule has 106 valence electrons. The second-order valence-corrected chi connectivity index (χ2v) is 6.43. The Labute approximate surface area is 118 Å². The van der Waals surface area contributed by atoms with Crippen molar-refractivity contribution < 1.29 is 0 Å². The minimum Gasteiger partial charge on any atom is -0.310 e. The van der Waals surface area contributed by atoms with E-state index in [0.29, 0.717) is 6.04 Å². The van der Waals surface area contributed by atoms with Gasteiger partial charge in [-0.1, -0.05) is 43.4 Å². The molecule has 2 rings (SSSR count). The molecule has 1 aromatic rings. The van der Waals surface area contributed by atoms with Crippen molar-refractivity contribution in [2.24, 2.45) is 5.92 Å². The van der Waals surface area contributed by atoms with Crippen molar-refractivity contribution in [2.45, 2.75) is 65.8 Å². The van der Waals surface area contributed by atoms with Crippen molar-refractivity contribution in [3.05, 3.63) is 34.4 Å². The topological polar surface area (TPSA) is 12.0 Å². The van der Waals surface area contributed by atoms with E-state index in [0.717, 1.165) is 5.92 Å². The van der Waals surface area contributed by atoms with Crippen molar-refractivity contribution in [1.82, 2.24) is 5.32 Å². The molecule has 0 amide bonds. The summed E-state index contributed by atoms with van der Waals surface area (Å²) in [6, 6.07) is 5.08. The summed E-state index contributed by atoms with van der Waals surface area (Å²) < 4.78 is 0. The Morgan fingerprint density at radius 2 is 1.68 bits per heavy atom. The molecule has 0 aromatic heterocycles. The average molecular weight is 259 g/mol. The molecule has 19 heavy (non-hydrogen) atoms. The van der Waals surface area contributed by atoms with Crippen molar-refractivity contribution >= 4 is 0 Å². The fourth-order valence-electron chi connectivity index (χ4n) is 3.78. The van der Waals surface area contributed by atoms with Gasteiger partial charge in [0.1, 0.15) is 0 Å². The van der Waals surface area contributed by atoms with Gasteiger partial charge in [0.05, 0.1) is 0 Å². The van der Waals surface area contributed by atoms with E-state index < -0.39 is 0 Å². The summed E-state index contributed by atoms with van der Waals surface area (Å²) in [4.78, 5) is 0. The van der Waals surface area contributed by atoms with Crippen molar-refractivity contribution in [3.8, 4) is 0 Å². The van der Waals surface area contributed by atoms with E-state index in [2.05, 4.69) is 45.1 Å². The first-order valence-electron chi connectivity index (χ1n) is 7.89. The highest BCUT2D eigenvalue weighted by Gasteiger charge is 2.16. The molecule has 1 aromatic carbocycles. The minimum absolute atomic E-state index is 0.474. The Balaban J connectivity index is 1.90. The first-order valence-corrected chi connectivity index (χ1v) is 7.89. The molecular formula is C18H29N. The zero-order valence-electron chi connectivity index (χ0n) is 13.1. The van der Waals surface area contributed by atoms with Crippen LogP contribution in [0.5, 0.6) is 0 Å². The van der Waals surface area contributed by atoms with Gasteiger partial charge in [-0.2, -0.15) is 0 Å². The predicted octanol–water partition coefficient (Wildman–Crippen LogP) is 4.84. The molecule has 0 radical (unpaired) electrons. The molecule has 0 spiro atoms. The van der Waals surface area contributed by atoms with Gasteiger partial charge in [-0.05, 0) is 63.3 Å². The summed E-state index contributed by atoms with van der Waals surface area (Å²) >= 11 is 0. The predicted molar refractivity (Wildman–Crippen MR) is 83.6 cm³/mol. The second kappa shape index (κ2) is 6.56. The Morgan fingerprint density at radius 3 is 2.26 bits per heavy atom. The summed E-state index contributed by atoms with van der Waals surface area (Å²) in [6.07, 6.45) is 7.18. The third kappa shape index (κ3) is 3.82. The highest BCUT2D eigenvalue weighted by atomic mass is 14.9. The van der Waals surface area contributed by atoms with Gasteiger partial charge in [-0.25, -0.2) is 0 Å². The second-order valence-electron chi connectivity index (χ2n) is 6.43. The zero-order chi connectivity index (χ0) is 13.8. The van der Waals surface area contributed by atoms with Crippen LogP contribution in [0.1, 0.15) is 67.3 Å². The maximum absolute atomic E-state index is 3.73. The molecule has 1 fully saturated rings. The van der Waals surface area contributed by atoms with E-state index in [4.69, 9.17) is 0 Å². The lowest BCUT2D eigenvalue weighted by Gasteiger charge is -2.21. The molecule has 1 atom stereocenters. The van der Waals surface area contributed by atoms with Gasteiger partial charge < -0.3 is 5.32 Å². The van der Waals surface area contributed by atoms with E-state index in [-0.39, 0.29) is 0 Å². The first-order chi connectivity index (χ1) is 9.08. The number of hydrogen-bond donors (Lipinski definition) is 1. The fourth-order valence-corrected chi connectivity index (χ4v) is 3.78. The number of hydrogen-bond acceptors (Lipinski definition) is 1. The Bertz CT molecular complexity index is 393. The lowest BCUT2D eigenvalue weighted by Crippen LogP contribution is -2.23. The van der Waals surface area contributed by atoms with E-state index in [1.54, 1.807) is 0 Å². The molecule has 0 heterocycles. The summed E-state index contributed by atoms with van der Waals surface area (Å²) in [7, 11) is 0. The smallest absolute Gasteiger partial charge is 0.0297 e. The molecular weight excluding hydrogens is 230 g/mol. The third-order valence-corrected chi connectivity index (χ3v) is 4.65. The van der Waals surface area contributed by atoms with Gasteiger partial charge in [-0.3, -0.25) is 0 Å². The van der Waals surface area contributed by atoms with Gasteiger partial charge >= 0.3 is 0 Å². The van der Waals surface area contributed by atoms with Gasteiger partial charge in [0.25, 0.3) is 0 Å². The third-order valence-electron chi connectivity index (χ3n) is 4.65. The van der Waals surface area contributed by atoms with Gasteiger partial charge in [0, 0.05) is 6.04 Å². The van der Waals surface area contributed by atoms with Crippen LogP contribution in [-0.4, -0.2) is 6.54 Å². The molecule has 1 saturated carbocycles. The van der Waals surface area contributed by atoms with Crippen LogP contribution in [0.15, 0.2) is 12.1 Å². The van der Waals surface area contributed by atoms with Crippen LogP contribution in [-0.2, 0) is 0 Å². The van der Waals surface area contributed by atoms with Crippen LogP contribution in [0.2, 0.25) is 0 Å². The molecule has 1 heteroatoms. The summed E-state index contributed by atoms with van der Waals surface area (Å²) in [5.41, 5.74) is 5.73. The van der Waals surface area contributed by atoms with Gasteiger partial charge in [0.2, 0.25) is 0 Å². The van der Waals surface area contributed by atoms with Gasteiger partial charge in [-0.15, -0.1) is 0 Å². The van der Waals surface area contributed by atoms with Crippen LogP contribution >= 0.6 is 0 Å². The summed E-state index contributed by atoms with van der Waals surface area (Å²) in [5, 5.41) is 3.73. The highest BCUT2D eigenvalue weighted by molar-refractivity contribution is 5.39. The number of aryl methyl sites for hydroxylation is 3. The lowest BCUT2D eigenvalue weighted by molar-refractivity contribution is 0.454. The van der Waals surface area contributed by atoms with Crippen LogP contribution in [0.4, 0.5) is 0 Å². The number of rotatable bonds is 5. The summed E-state index contributed by atoms with van der Waals surface area (Å²) in [5.74, 6) is 0.986. The molecule has 0 saturated heterocycles. The maximum atomic E-state index is 3.73. The first kappa shape index (κ1) is 14.6. The molecule has 1 unspecified atom stereocenters. The van der Waals surface area contributed by atoms with Crippen LogP contribution in [0.25, 0.3) is 0 Å².